The molecule has 94 valence electrons. The quantitative estimate of drug-likeness (QED) is 0.632. The third-order valence-corrected chi connectivity index (χ3v) is 2.44. The van der Waals surface area contributed by atoms with Crippen LogP contribution in [-0.2, 0) is 26.2 Å². The smallest absolute Gasteiger partial charge is 0.433 e. The summed E-state index contributed by atoms with van der Waals surface area (Å²) >= 11 is 0. The minimum absolute atomic E-state index is 0.0472. The normalized spacial score (nSPS) is 10.9. The first-order chi connectivity index (χ1) is 7.97. The van der Waals surface area contributed by atoms with Crippen molar-refractivity contribution in [3.63, 3.8) is 0 Å². The third-order valence-electron chi connectivity index (χ3n) is 1.76. The summed E-state index contributed by atoms with van der Waals surface area (Å²) in [6, 6.07) is 8.95. The average Bonchev–Trinajstić information content (AvgIpc) is 2.26. The summed E-state index contributed by atoms with van der Waals surface area (Å²) in [5.74, 6) is -0.645. The molecule has 1 aromatic carbocycles. The molecule has 1 rings (SSSR count). The Hall–Kier alpha value is -1.60. The molecule has 0 radical (unpaired) electrons. The molecule has 0 aromatic heterocycles. The van der Waals surface area contributed by atoms with E-state index in [9.17, 15) is 13.2 Å². The molecule has 1 N–H and O–H groups in total. The lowest BCUT2D eigenvalue weighted by molar-refractivity contribution is 0.0539. The van der Waals surface area contributed by atoms with Gasteiger partial charge in [0.15, 0.2) is 0 Å². The zero-order valence-electron chi connectivity index (χ0n) is 8.90. The van der Waals surface area contributed by atoms with Gasteiger partial charge in [0.25, 0.3) is 10.1 Å². The van der Waals surface area contributed by atoms with E-state index >= 15 is 0 Å². The van der Waals surface area contributed by atoms with Crippen molar-refractivity contribution in [3.8, 4) is 0 Å². The van der Waals surface area contributed by atoms with Crippen molar-refractivity contribution in [2.75, 3.05) is 12.4 Å². The fraction of sp³-hybridized carbons (Fsp3) is 0.300. The van der Waals surface area contributed by atoms with Crippen LogP contribution in [0.4, 0.5) is 4.79 Å². The molecule has 17 heavy (non-hydrogen) atoms. The first-order valence-corrected chi connectivity index (χ1v) is 6.37. The van der Waals surface area contributed by atoms with Gasteiger partial charge < -0.3 is 9.47 Å². The largest absolute Gasteiger partial charge is 0.508 e. The van der Waals surface area contributed by atoms with Crippen molar-refractivity contribution in [3.05, 3.63) is 35.9 Å². The van der Waals surface area contributed by atoms with Crippen molar-refractivity contribution >= 4 is 16.3 Å². The predicted molar refractivity (Wildman–Crippen MR) is 59.0 cm³/mol. The highest BCUT2D eigenvalue weighted by Gasteiger charge is 2.08. The molecule has 0 aliphatic rings. The Kier molecular flexibility index (Phi) is 4.92. The Labute approximate surface area is 98.9 Å². The molecule has 1 aromatic rings. The van der Waals surface area contributed by atoms with Crippen LogP contribution in [0.3, 0.4) is 0 Å². The van der Waals surface area contributed by atoms with Crippen molar-refractivity contribution in [2.24, 2.45) is 0 Å². The molecular formula is C10H12O6S. The molecule has 0 saturated carbocycles. The highest BCUT2D eigenvalue weighted by molar-refractivity contribution is 7.85. The first kappa shape index (κ1) is 13.5. The maximum absolute atomic E-state index is 11.0. The Balaban J connectivity index is 2.22. The van der Waals surface area contributed by atoms with Crippen molar-refractivity contribution in [1.29, 1.82) is 0 Å². The van der Waals surface area contributed by atoms with Crippen LogP contribution in [-0.4, -0.2) is 31.5 Å². The van der Waals surface area contributed by atoms with Crippen LogP contribution in [0.15, 0.2) is 30.3 Å². The predicted octanol–water partition coefficient (Wildman–Crippen LogP) is 1.23. The van der Waals surface area contributed by atoms with E-state index < -0.39 is 28.6 Å². The van der Waals surface area contributed by atoms with Gasteiger partial charge in [-0.2, -0.15) is 8.42 Å². The summed E-state index contributed by atoms with van der Waals surface area (Å²) < 4.78 is 38.2. The number of benzene rings is 1. The van der Waals surface area contributed by atoms with Crippen molar-refractivity contribution < 1.29 is 27.2 Å². The molecule has 0 fully saturated rings. The van der Waals surface area contributed by atoms with Crippen LogP contribution in [0.25, 0.3) is 0 Å². The van der Waals surface area contributed by atoms with Gasteiger partial charge in [-0.15, -0.1) is 0 Å². The summed E-state index contributed by atoms with van der Waals surface area (Å²) in [5.41, 5.74) is 0.791. The highest BCUT2D eigenvalue weighted by Crippen LogP contribution is 2.01. The molecule has 6 nitrogen and oxygen atoms in total. The minimum atomic E-state index is -4.12. The van der Waals surface area contributed by atoms with Gasteiger partial charge in [-0.1, -0.05) is 30.3 Å². The van der Waals surface area contributed by atoms with E-state index in [1.54, 1.807) is 24.3 Å². The maximum Gasteiger partial charge on any atom is 0.508 e. The molecule has 0 spiro atoms. The van der Waals surface area contributed by atoms with Crippen LogP contribution in [0.1, 0.15) is 5.56 Å². The topological polar surface area (TPSA) is 89.9 Å². The lowest BCUT2D eigenvalue weighted by Crippen LogP contribution is -2.15. The summed E-state index contributed by atoms with van der Waals surface area (Å²) in [7, 11) is -4.12. The molecule has 0 aliphatic carbocycles. The van der Waals surface area contributed by atoms with Crippen LogP contribution in [0.5, 0.6) is 0 Å². The lowest BCUT2D eigenvalue weighted by Gasteiger charge is -2.05. The van der Waals surface area contributed by atoms with E-state index in [4.69, 9.17) is 9.29 Å². The van der Waals surface area contributed by atoms with E-state index in [2.05, 4.69) is 4.74 Å². The molecule has 0 saturated heterocycles. The summed E-state index contributed by atoms with van der Waals surface area (Å²) in [4.78, 5) is 11.0. The van der Waals surface area contributed by atoms with Gasteiger partial charge in [-0.05, 0) is 5.56 Å². The fourth-order valence-electron chi connectivity index (χ4n) is 0.988. The van der Waals surface area contributed by atoms with E-state index in [1.165, 1.54) is 0 Å². The summed E-state index contributed by atoms with van der Waals surface area (Å²) in [5, 5.41) is 0. The standard InChI is InChI=1S/C10H12O6S/c11-10(15-6-7-17(12,13)14)16-8-9-4-2-1-3-5-9/h1-5H,6-8H2,(H,12,13,14). The number of hydrogen-bond donors (Lipinski definition) is 1. The zero-order valence-corrected chi connectivity index (χ0v) is 9.72. The van der Waals surface area contributed by atoms with Gasteiger partial charge in [0.2, 0.25) is 0 Å². The number of ether oxygens (including phenoxy) is 2. The molecule has 0 amide bonds. The second-order valence-corrected chi connectivity index (χ2v) is 4.73. The van der Waals surface area contributed by atoms with E-state index in [1.807, 2.05) is 6.07 Å². The number of carbonyl (C=O) groups excluding carboxylic acids is 1. The minimum Gasteiger partial charge on any atom is -0.433 e. The average molecular weight is 260 g/mol. The van der Waals surface area contributed by atoms with Crippen LogP contribution in [0, 0.1) is 0 Å². The Morgan fingerprint density at radius 3 is 2.41 bits per heavy atom. The van der Waals surface area contributed by atoms with E-state index in [0.717, 1.165) is 5.56 Å². The van der Waals surface area contributed by atoms with Crippen LogP contribution >= 0.6 is 0 Å². The molecule has 0 heterocycles. The second kappa shape index (κ2) is 6.21. The van der Waals surface area contributed by atoms with Gasteiger partial charge in [0, 0.05) is 0 Å². The molecule has 0 atom stereocenters. The molecule has 0 bridgehead atoms. The second-order valence-electron chi connectivity index (χ2n) is 3.16. The highest BCUT2D eigenvalue weighted by atomic mass is 32.2. The lowest BCUT2D eigenvalue weighted by atomic mass is 10.2. The zero-order chi connectivity index (χ0) is 12.7. The van der Waals surface area contributed by atoms with Gasteiger partial charge in [-0.25, -0.2) is 4.79 Å². The van der Waals surface area contributed by atoms with Gasteiger partial charge in [0.1, 0.15) is 19.0 Å². The summed E-state index contributed by atoms with van der Waals surface area (Å²) in [6.07, 6.45) is -0.975. The Morgan fingerprint density at radius 1 is 1.18 bits per heavy atom. The Morgan fingerprint density at radius 2 is 1.82 bits per heavy atom. The van der Waals surface area contributed by atoms with Crippen LogP contribution < -0.4 is 0 Å². The monoisotopic (exact) mass is 260 g/mol. The fourth-order valence-corrected chi connectivity index (χ4v) is 1.28. The van der Waals surface area contributed by atoms with Crippen molar-refractivity contribution in [2.45, 2.75) is 6.61 Å². The van der Waals surface area contributed by atoms with Gasteiger partial charge >= 0.3 is 6.16 Å². The maximum atomic E-state index is 11.0. The van der Waals surface area contributed by atoms with Gasteiger partial charge in [0.05, 0.1) is 0 Å². The molecular weight excluding hydrogens is 248 g/mol. The van der Waals surface area contributed by atoms with Gasteiger partial charge in [-0.3, -0.25) is 4.55 Å². The van der Waals surface area contributed by atoms with E-state index in [0.29, 0.717) is 0 Å². The SMILES string of the molecule is O=C(OCCS(=O)(=O)O)OCc1ccccc1. The molecule has 0 unspecified atom stereocenters. The van der Waals surface area contributed by atoms with E-state index in [-0.39, 0.29) is 6.61 Å². The number of hydrogen-bond acceptors (Lipinski definition) is 5. The summed E-state index contributed by atoms with van der Waals surface area (Å²) in [6.45, 7) is -0.391. The number of rotatable bonds is 5. The Bertz CT molecular complexity index is 453. The number of carbonyl (C=O) groups is 1. The van der Waals surface area contributed by atoms with Crippen molar-refractivity contribution in [1.82, 2.24) is 0 Å². The molecule has 7 heteroatoms. The third kappa shape index (κ3) is 6.54. The van der Waals surface area contributed by atoms with Crippen LogP contribution in [0.2, 0.25) is 0 Å². The first-order valence-electron chi connectivity index (χ1n) is 4.76. The molecule has 0 aliphatic heterocycles.